The first-order valence-corrected chi connectivity index (χ1v) is 15.1. The van der Waals surface area contributed by atoms with Gasteiger partial charge in [0.25, 0.3) is 0 Å². The molecule has 7 aromatic rings. The molecule has 4 nitrogen and oxygen atoms in total. The highest BCUT2D eigenvalue weighted by Gasteiger charge is 2.23. The highest BCUT2D eigenvalue weighted by atomic mass is 15.0. The van der Waals surface area contributed by atoms with Crippen molar-refractivity contribution in [2.45, 2.75) is 19.3 Å². The third kappa shape index (κ3) is 4.61. The van der Waals surface area contributed by atoms with Crippen LogP contribution in [0.5, 0.6) is 0 Å². The zero-order chi connectivity index (χ0) is 29.5. The largest absolute Gasteiger partial charge is 0.310 e. The van der Waals surface area contributed by atoms with Gasteiger partial charge in [0.2, 0.25) is 0 Å². The molecule has 0 amide bonds. The number of hydrogen-bond donors (Lipinski definition) is 0. The molecule has 4 heteroatoms. The summed E-state index contributed by atoms with van der Waals surface area (Å²) in [4.78, 5) is 14.8. The summed E-state index contributed by atoms with van der Waals surface area (Å²) in [7, 11) is 0. The van der Waals surface area contributed by atoms with Crippen LogP contribution in [0.15, 0.2) is 140 Å². The van der Waals surface area contributed by atoms with Gasteiger partial charge >= 0.3 is 0 Å². The van der Waals surface area contributed by atoms with Crippen LogP contribution in [0, 0.1) is 0 Å². The predicted octanol–water partition coefficient (Wildman–Crippen LogP) is 10.0. The van der Waals surface area contributed by atoms with Gasteiger partial charge in [-0.25, -0.2) is 15.0 Å². The summed E-state index contributed by atoms with van der Waals surface area (Å²) < 4.78 is 2.41. The molecule has 0 saturated carbocycles. The summed E-state index contributed by atoms with van der Waals surface area (Å²) in [5, 5.41) is 1.34. The highest BCUT2D eigenvalue weighted by Crippen LogP contribution is 2.40. The Morgan fingerprint density at radius 3 is 1.80 bits per heavy atom. The van der Waals surface area contributed by atoms with Gasteiger partial charge in [-0.05, 0) is 59.4 Å². The van der Waals surface area contributed by atoms with Crippen LogP contribution in [0.25, 0.3) is 68.0 Å². The van der Waals surface area contributed by atoms with E-state index in [2.05, 4.69) is 96.4 Å². The Hall–Kier alpha value is -5.61. The van der Waals surface area contributed by atoms with Gasteiger partial charge in [0, 0.05) is 33.5 Å². The molecule has 0 spiro atoms. The van der Waals surface area contributed by atoms with Crippen molar-refractivity contribution in [1.29, 1.82) is 0 Å². The van der Waals surface area contributed by atoms with Crippen molar-refractivity contribution in [3.63, 3.8) is 0 Å². The lowest BCUT2D eigenvalue weighted by Crippen LogP contribution is -2.03. The minimum absolute atomic E-state index is 0.489. The Labute approximate surface area is 257 Å². The number of benzene rings is 5. The number of hydrogen-bond acceptors (Lipinski definition) is 3. The van der Waals surface area contributed by atoms with E-state index in [1.54, 1.807) is 0 Å². The fourth-order valence-corrected chi connectivity index (χ4v) is 6.35. The summed E-state index contributed by atoms with van der Waals surface area (Å²) in [6, 6.07) is 46.3. The lowest BCUT2D eigenvalue weighted by atomic mass is 9.91. The van der Waals surface area contributed by atoms with Crippen LogP contribution in [0.3, 0.4) is 0 Å². The molecular formula is C40H30N4. The van der Waals surface area contributed by atoms with Gasteiger partial charge in [0.15, 0.2) is 17.5 Å². The maximum Gasteiger partial charge on any atom is 0.164 e. The first-order valence-electron chi connectivity index (χ1n) is 15.1. The van der Waals surface area contributed by atoms with Gasteiger partial charge in [0.1, 0.15) is 0 Å². The Balaban J connectivity index is 1.24. The molecule has 2 aromatic heterocycles. The standard InChI is InChI=1S/C40H30N4/c1-27-13-10-24-36-37(27)34-22-8-9-23-35(34)44(36)33-21-12-19-31(26-33)30-18-11-20-32(25-30)40-42-38(28-14-4-2-5-15-28)41-39(43-40)29-16-6-3-7-17-29/h2-12,14-27H,13H2,1H3. The normalized spacial score (nSPS) is 14.1. The van der Waals surface area contributed by atoms with Crippen molar-refractivity contribution < 1.29 is 0 Å². The van der Waals surface area contributed by atoms with Gasteiger partial charge in [-0.1, -0.05) is 122 Å². The lowest BCUT2D eigenvalue weighted by molar-refractivity contribution is 0.773. The quantitative estimate of drug-likeness (QED) is 0.208. The van der Waals surface area contributed by atoms with E-state index in [9.17, 15) is 0 Å². The van der Waals surface area contributed by atoms with Crippen molar-refractivity contribution in [1.82, 2.24) is 19.5 Å². The summed E-state index contributed by atoms with van der Waals surface area (Å²) in [5.41, 5.74) is 10.2. The molecule has 1 aliphatic carbocycles. The molecule has 5 aromatic carbocycles. The molecule has 0 bridgehead atoms. The number of aromatic nitrogens is 4. The molecule has 0 radical (unpaired) electrons. The van der Waals surface area contributed by atoms with Crippen molar-refractivity contribution in [3.8, 4) is 51.0 Å². The first kappa shape index (κ1) is 26.1. The van der Waals surface area contributed by atoms with E-state index in [0.29, 0.717) is 23.4 Å². The molecule has 1 aliphatic rings. The van der Waals surface area contributed by atoms with E-state index in [1.807, 2.05) is 60.7 Å². The van der Waals surface area contributed by atoms with Crippen LogP contribution in [0.4, 0.5) is 0 Å². The van der Waals surface area contributed by atoms with Crippen molar-refractivity contribution in [2.75, 3.05) is 0 Å². The monoisotopic (exact) mass is 566 g/mol. The predicted molar refractivity (Wildman–Crippen MR) is 180 cm³/mol. The van der Waals surface area contributed by atoms with Crippen molar-refractivity contribution in [2.24, 2.45) is 0 Å². The lowest BCUT2D eigenvalue weighted by Gasteiger charge is -2.17. The third-order valence-corrected chi connectivity index (χ3v) is 8.47. The second-order valence-corrected chi connectivity index (χ2v) is 11.4. The molecule has 2 heterocycles. The van der Waals surface area contributed by atoms with Crippen LogP contribution in [0.2, 0.25) is 0 Å². The van der Waals surface area contributed by atoms with Crippen LogP contribution in [-0.4, -0.2) is 19.5 Å². The van der Waals surface area contributed by atoms with E-state index in [-0.39, 0.29) is 0 Å². The number of rotatable bonds is 5. The topological polar surface area (TPSA) is 43.6 Å². The van der Waals surface area contributed by atoms with Gasteiger partial charge in [-0.3, -0.25) is 0 Å². The number of nitrogens with zero attached hydrogens (tertiary/aromatic N) is 4. The number of allylic oxidation sites excluding steroid dienone is 1. The van der Waals surface area contributed by atoms with E-state index in [1.165, 1.54) is 22.2 Å². The average Bonchev–Trinajstić information content (AvgIpc) is 3.44. The summed E-state index contributed by atoms with van der Waals surface area (Å²) in [5.74, 6) is 2.46. The molecule has 210 valence electrons. The molecule has 0 fully saturated rings. The Morgan fingerprint density at radius 1 is 0.545 bits per heavy atom. The van der Waals surface area contributed by atoms with Crippen LogP contribution in [-0.2, 0) is 0 Å². The van der Waals surface area contributed by atoms with Crippen LogP contribution in [0.1, 0.15) is 30.5 Å². The summed E-state index contributed by atoms with van der Waals surface area (Å²) in [6.45, 7) is 2.33. The fraction of sp³-hybridized carbons (Fsp3) is 0.0750. The molecule has 44 heavy (non-hydrogen) atoms. The minimum Gasteiger partial charge on any atom is -0.310 e. The van der Waals surface area contributed by atoms with Gasteiger partial charge in [-0.2, -0.15) is 0 Å². The molecule has 8 rings (SSSR count). The van der Waals surface area contributed by atoms with Crippen molar-refractivity contribution in [3.05, 3.63) is 151 Å². The molecule has 0 N–H and O–H groups in total. The molecule has 1 atom stereocenters. The van der Waals surface area contributed by atoms with Crippen molar-refractivity contribution >= 4 is 17.0 Å². The van der Waals surface area contributed by atoms with Crippen LogP contribution >= 0.6 is 0 Å². The maximum atomic E-state index is 4.95. The zero-order valence-corrected chi connectivity index (χ0v) is 24.4. The Kier molecular flexibility index (Phi) is 6.45. The van der Waals surface area contributed by atoms with Gasteiger partial charge < -0.3 is 4.57 Å². The molecule has 0 aliphatic heterocycles. The smallest absolute Gasteiger partial charge is 0.164 e. The Bertz CT molecular complexity index is 2100. The number of para-hydroxylation sites is 1. The average molecular weight is 567 g/mol. The Morgan fingerprint density at radius 2 is 1.09 bits per heavy atom. The SMILES string of the molecule is CC1CC=Cc2c1c1ccccc1n2-c1cccc(-c2cccc(-c3nc(-c4ccccc4)nc(-c4ccccc4)n3)c2)c1. The van der Waals surface area contributed by atoms with Gasteiger partial charge in [-0.15, -0.1) is 0 Å². The number of fused-ring (bicyclic) bond motifs is 3. The van der Waals surface area contributed by atoms with Gasteiger partial charge in [0.05, 0.1) is 5.52 Å². The van der Waals surface area contributed by atoms with E-state index in [4.69, 9.17) is 15.0 Å². The van der Waals surface area contributed by atoms with E-state index >= 15 is 0 Å². The summed E-state index contributed by atoms with van der Waals surface area (Å²) in [6.07, 6.45) is 5.67. The second kappa shape index (κ2) is 10.9. The molecular weight excluding hydrogens is 536 g/mol. The molecule has 0 saturated heterocycles. The minimum atomic E-state index is 0.489. The van der Waals surface area contributed by atoms with E-state index < -0.39 is 0 Å². The summed E-state index contributed by atoms with van der Waals surface area (Å²) >= 11 is 0. The highest BCUT2D eigenvalue weighted by molar-refractivity contribution is 5.91. The third-order valence-electron chi connectivity index (χ3n) is 8.47. The molecule has 1 unspecified atom stereocenters. The van der Waals surface area contributed by atoms with Crippen LogP contribution < -0.4 is 0 Å². The fourth-order valence-electron chi connectivity index (χ4n) is 6.35. The first-order chi connectivity index (χ1) is 21.7. The zero-order valence-electron chi connectivity index (χ0n) is 24.4. The second-order valence-electron chi connectivity index (χ2n) is 11.4. The van der Waals surface area contributed by atoms with E-state index in [0.717, 1.165) is 39.9 Å². The maximum absolute atomic E-state index is 4.95.